The molecule has 3 nitrogen and oxygen atoms in total. The number of hydrogen-bond donors (Lipinski definition) is 1. The lowest BCUT2D eigenvalue weighted by molar-refractivity contribution is 0.161. The second-order valence-electron chi connectivity index (χ2n) is 6.18. The van der Waals surface area contributed by atoms with E-state index in [1.165, 1.54) is 22.1 Å². The molecule has 23 heavy (non-hydrogen) atoms. The van der Waals surface area contributed by atoms with Crippen molar-refractivity contribution >= 4 is 16.5 Å². The van der Waals surface area contributed by atoms with Gasteiger partial charge < -0.3 is 9.72 Å². The molecule has 3 heteroatoms. The van der Waals surface area contributed by atoms with Crippen LogP contribution in [0.2, 0.25) is 0 Å². The van der Waals surface area contributed by atoms with Crippen molar-refractivity contribution in [1.82, 2.24) is 9.97 Å². The molecular weight excluding hydrogens is 284 g/mol. The van der Waals surface area contributed by atoms with Crippen molar-refractivity contribution in [2.24, 2.45) is 0 Å². The molecule has 3 heterocycles. The summed E-state index contributed by atoms with van der Waals surface area (Å²) in [6.45, 7) is 5.68. The third kappa shape index (κ3) is 2.57. The van der Waals surface area contributed by atoms with Gasteiger partial charge >= 0.3 is 0 Å². The van der Waals surface area contributed by atoms with Crippen LogP contribution < -0.4 is 0 Å². The minimum Gasteiger partial charge on any atom is -0.377 e. The first-order chi connectivity index (χ1) is 11.2. The Morgan fingerprint density at radius 2 is 1.96 bits per heavy atom. The zero-order valence-electron chi connectivity index (χ0n) is 13.5. The van der Waals surface area contributed by atoms with Crippen LogP contribution in [-0.2, 0) is 4.74 Å². The fourth-order valence-electron chi connectivity index (χ4n) is 3.21. The first-order valence-corrected chi connectivity index (χ1v) is 8.05. The number of rotatable bonds is 2. The Kier molecular flexibility index (Phi) is 3.50. The number of hydrogen-bond acceptors (Lipinski definition) is 2. The molecule has 0 radical (unpaired) electrons. The van der Waals surface area contributed by atoms with Gasteiger partial charge in [0.05, 0.1) is 24.4 Å². The van der Waals surface area contributed by atoms with E-state index >= 15 is 0 Å². The summed E-state index contributed by atoms with van der Waals surface area (Å²) in [5.74, 6) is 0. The van der Waals surface area contributed by atoms with Crippen molar-refractivity contribution < 1.29 is 4.74 Å². The molecule has 0 unspecified atom stereocenters. The van der Waals surface area contributed by atoms with Crippen LogP contribution in [0.25, 0.3) is 27.7 Å². The molecule has 0 saturated carbocycles. The van der Waals surface area contributed by atoms with Crippen molar-refractivity contribution in [2.45, 2.75) is 20.3 Å². The lowest BCUT2D eigenvalue weighted by atomic mass is 9.98. The van der Waals surface area contributed by atoms with Crippen LogP contribution in [0.1, 0.15) is 23.2 Å². The number of pyridine rings is 1. The molecule has 0 amide bonds. The molecule has 1 aliphatic rings. The van der Waals surface area contributed by atoms with Crippen molar-refractivity contribution in [2.75, 3.05) is 13.2 Å². The number of H-pyrrole nitrogens is 1. The Balaban J connectivity index is 1.91. The van der Waals surface area contributed by atoms with Crippen LogP contribution in [-0.4, -0.2) is 23.2 Å². The minimum absolute atomic E-state index is 0.694. The highest BCUT2D eigenvalue weighted by Gasteiger charge is 2.15. The SMILES string of the molecule is Cc1ccc(-c2ncc(C3=CCOCC3)c3cc(C)[nH]c23)cc1. The van der Waals surface area contributed by atoms with E-state index in [2.05, 4.69) is 55.2 Å². The van der Waals surface area contributed by atoms with Gasteiger partial charge in [0, 0.05) is 28.4 Å². The molecule has 116 valence electrons. The summed E-state index contributed by atoms with van der Waals surface area (Å²) < 4.78 is 5.44. The van der Waals surface area contributed by atoms with Gasteiger partial charge in [0.25, 0.3) is 0 Å². The highest BCUT2D eigenvalue weighted by molar-refractivity contribution is 5.99. The lowest BCUT2D eigenvalue weighted by Gasteiger charge is -2.15. The van der Waals surface area contributed by atoms with Gasteiger partial charge in [-0.3, -0.25) is 4.98 Å². The average Bonchev–Trinajstić information content (AvgIpc) is 2.97. The van der Waals surface area contributed by atoms with Crippen LogP contribution in [0.4, 0.5) is 0 Å². The van der Waals surface area contributed by atoms with E-state index in [0.29, 0.717) is 6.61 Å². The summed E-state index contributed by atoms with van der Waals surface area (Å²) in [7, 11) is 0. The highest BCUT2D eigenvalue weighted by atomic mass is 16.5. The number of aromatic amines is 1. The molecule has 4 rings (SSSR count). The van der Waals surface area contributed by atoms with Gasteiger partial charge in [-0.05, 0) is 31.9 Å². The molecule has 0 aliphatic carbocycles. The van der Waals surface area contributed by atoms with Crippen LogP contribution in [0.15, 0.2) is 42.6 Å². The van der Waals surface area contributed by atoms with E-state index in [4.69, 9.17) is 9.72 Å². The maximum Gasteiger partial charge on any atom is 0.0943 e. The Morgan fingerprint density at radius 3 is 2.70 bits per heavy atom. The summed E-state index contributed by atoms with van der Waals surface area (Å²) in [5.41, 5.74) is 8.27. The van der Waals surface area contributed by atoms with E-state index in [1.807, 2.05) is 6.20 Å². The number of aryl methyl sites for hydroxylation is 2. The molecule has 0 spiro atoms. The fraction of sp³-hybridized carbons (Fsp3) is 0.250. The van der Waals surface area contributed by atoms with Gasteiger partial charge in [-0.2, -0.15) is 0 Å². The first-order valence-electron chi connectivity index (χ1n) is 8.05. The highest BCUT2D eigenvalue weighted by Crippen LogP contribution is 2.33. The zero-order chi connectivity index (χ0) is 15.8. The molecule has 0 bridgehead atoms. The number of fused-ring (bicyclic) bond motifs is 1. The Morgan fingerprint density at radius 1 is 1.13 bits per heavy atom. The fourth-order valence-corrected chi connectivity index (χ4v) is 3.21. The molecule has 0 fully saturated rings. The lowest BCUT2D eigenvalue weighted by Crippen LogP contribution is -2.04. The number of nitrogens with one attached hydrogen (secondary N) is 1. The van der Waals surface area contributed by atoms with Crippen molar-refractivity contribution in [1.29, 1.82) is 0 Å². The molecule has 1 aliphatic heterocycles. The summed E-state index contributed by atoms with van der Waals surface area (Å²) in [6, 6.07) is 10.8. The minimum atomic E-state index is 0.694. The average molecular weight is 304 g/mol. The Labute approximate surface area is 136 Å². The van der Waals surface area contributed by atoms with Crippen LogP contribution in [0, 0.1) is 13.8 Å². The van der Waals surface area contributed by atoms with Crippen molar-refractivity contribution in [3.05, 3.63) is 59.4 Å². The molecule has 0 atom stereocenters. The summed E-state index contributed by atoms with van der Waals surface area (Å²) in [4.78, 5) is 8.28. The normalized spacial score (nSPS) is 15.0. The monoisotopic (exact) mass is 304 g/mol. The van der Waals surface area contributed by atoms with E-state index in [9.17, 15) is 0 Å². The van der Waals surface area contributed by atoms with E-state index in [0.717, 1.165) is 35.5 Å². The molecule has 3 aromatic rings. The Hall–Kier alpha value is -2.39. The van der Waals surface area contributed by atoms with Gasteiger partial charge in [0.2, 0.25) is 0 Å². The summed E-state index contributed by atoms with van der Waals surface area (Å²) >= 11 is 0. The molecule has 0 saturated heterocycles. The van der Waals surface area contributed by atoms with Gasteiger partial charge in [0.1, 0.15) is 0 Å². The first kappa shape index (κ1) is 14.2. The van der Waals surface area contributed by atoms with Gasteiger partial charge in [-0.1, -0.05) is 35.9 Å². The maximum atomic E-state index is 5.44. The van der Waals surface area contributed by atoms with Gasteiger partial charge in [-0.25, -0.2) is 0 Å². The predicted octanol–water partition coefficient (Wildman–Crippen LogP) is 4.65. The predicted molar refractivity (Wildman–Crippen MR) is 94.4 cm³/mol. The van der Waals surface area contributed by atoms with E-state index in [-0.39, 0.29) is 0 Å². The second kappa shape index (κ2) is 5.67. The van der Waals surface area contributed by atoms with Crippen LogP contribution >= 0.6 is 0 Å². The molecule has 2 aromatic heterocycles. The van der Waals surface area contributed by atoms with Crippen LogP contribution in [0.5, 0.6) is 0 Å². The van der Waals surface area contributed by atoms with Gasteiger partial charge in [0.15, 0.2) is 0 Å². The number of aromatic nitrogens is 2. The number of ether oxygens (including phenoxy) is 1. The standard InChI is InChI=1S/C20H20N2O/c1-13-3-5-16(6-4-13)19-20-17(11-14(2)22-20)18(12-21-19)15-7-9-23-10-8-15/h3-7,11-12,22H,8-10H2,1-2H3. The Bertz CT molecular complexity index is 888. The second-order valence-corrected chi connectivity index (χ2v) is 6.18. The van der Waals surface area contributed by atoms with Crippen molar-refractivity contribution in [3.8, 4) is 11.3 Å². The summed E-state index contributed by atoms with van der Waals surface area (Å²) in [5, 5.41) is 1.25. The van der Waals surface area contributed by atoms with Crippen molar-refractivity contribution in [3.63, 3.8) is 0 Å². The topological polar surface area (TPSA) is 37.9 Å². The van der Waals surface area contributed by atoms with Crippen LogP contribution in [0.3, 0.4) is 0 Å². The molecule has 1 aromatic carbocycles. The zero-order valence-corrected chi connectivity index (χ0v) is 13.5. The summed E-state index contributed by atoms with van der Waals surface area (Å²) in [6.07, 6.45) is 5.14. The number of nitrogens with zero attached hydrogens (tertiary/aromatic N) is 1. The van der Waals surface area contributed by atoms with E-state index in [1.54, 1.807) is 0 Å². The third-order valence-electron chi connectivity index (χ3n) is 4.44. The maximum absolute atomic E-state index is 5.44. The number of benzene rings is 1. The van der Waals surface area contributed by atoms with E-state index < -0.39 is 0 Å². The largest absolute Gasteiger partial charge is 0.377 e. The quantitative estimate of drug-likeness (QED) is 0.748. The molecule has 1 N–H and O–H groups in total. The third-order valence-corrected chi connectivity index (χ3v) is 4.44. The molecular formula is C20H20N2O. The smallest absolute Gasteiger partial charge is 0.0943 e. The van der Waals surface area contributed by atoms with Gasteiger partial charge in [-0.15, -0.1) is 0 Å².